The van der Waals surface area contributed by atoms with E-state index in [2.05, 4.69) is 104 Å². The van der Waals surface area contributed by atoms with Gasteiger partial charge in [0.25, 0.3) is 0 Å². The average molecular weight is 413 g/mol. The number of benzene rings is 1. The molecule has 0 aliphatic carbocycles. The molecule has 0 aliphatic heterocycles. The van der Waals surface area contributed by atoms with E-state index in [1.165, 1.54) is 0 Å². The number of anilines is 2. The average Bonchev–Trinajstić information content (AvgIpc) is 2.57. The highest BCUT2D eigenvalue weighted by molar-refractivity contribution is 5.56. The van der Waals surface area contributed by atoms with Gasteiger partial charge in [0.05, 0.1) is 0 Å². The smallest absolute Gasteiger partial charge is 0.122 e. The Balaban J connectivity index is 3.03. The van der Waals surface area contributed by atoms with E-state index in [1.54, 1.807) is 0 Å². The monoisotopic (exact) mass is 412 g/mol. The molecule has 30 heavy (non-hydrogen) atoms. The van der Waals surface area contributed by atoms with Gasteiger partial charge in [0.15, 0.2) is 0 Å². The molecule has 0 spiro atoms. The fourth-order valence-corrected chi connectivity index (χ4v) is 3.34. The lowest BCUT2D eigenvalue weighted by Crippen LogP contribution is -2.17. The first-order valence-corrected chi connectivity index (χ1v) is 11.1. The second-order valence-corrected chi connectivity index (χ2v) is 10.9. The predicted molar refractivity (Wildman–Crippen MR) is 134 cm³/mol. The summed E-state index contributed by atoms with van der Waals surface area (Å²) < 4.78 is 0. The first-order valence-electron chi connectivity index (χ1n) is 11.1. The number of aliphatic hydroxyl groups excluding tert-OH is 1. The van der Waals surface area contributed by atoms with Gasteiger partial charge in [0.2, 0.25) is 0 Å². The number of allylic oxidation sites excluding steroid dienone is 4. The molecule has 3 heteroatoms. The zero-order valence-electron chi connectivity index (χ0n) is 20.9. The minimum Gasteiger partial charge on any atom is -0.507 e. The largest absolute Gasteiger partial charge is 0.507 e. The minimum atomic E-state index is -0.207. The molecule has 1 atom stereocenters. The van der Waals surface area contributed by atoms with Crippen LogP contribution in [0.4, 0.5) is 11.4 Å². The van der Waals surface area contributed by atoms with Crippen molar-refractivity contribution in [3.8, 4) is 0 Å². The van der Waals surface area contributed by atoms with Crippen LogP contribution < -0.4 is 10.6 Å². The molecular formula is C27H44N2O. The Labute approximate surface area is 185 Å². The topological polar surface area (TPSA) is 44.3 Å². The Kier molecular flexibility index (Phi) is 8.83. The summed E-state index contributed by atoms with van der Waals surface area (Å²) in [6.45, 7) is 25.4. The van der Waals surface area contributed by atoms with E-state index in [-0.39, 0.29) is 16.6 Å². The maximum absolute atomic E-state index is 10.9. The van der Waals surface area contributed by atoms with Gasteiger partial charge < -0.3 is 15.7 Å². The highest BCUT2D eigenvalue weighted by Gasteiger charge is 2.26. The number of hydrogen-bond acceptors (Lipinski definition) is 3. The maximum Gasteiger partial charge on any atom is 0.122 e. The van der Waals surface area contributed by atoms with Gasteiger partial charge in [-0.15, -0.1) is 0 Å². The van der Waals surface area contributed by atoms with Crippen LogP contribution >= 0.6 is 0 Å². The predicted octanol–water partition coefficient (Wildman–Crippen LogP) is 8.31. The van der Waals surface area contributed by atoms with Gasteiger partial charge in [0, 0.05) is 28.7 Å². The van der Waals surface area contributed by atoms with E-state index < -0.39 is 0 Å². The fraction of sp³-hybridized carbons (Fsp3) is 0.556. The zero-order chi connectivity index (χ0) is 23.3. The van der Waals surface area contributed by atoms with Crippen molar-refractivity contribution in [3.63, 3.8) is 0 Å². The molecule has 0 bridgehead atoms. The molecule has 0 heterocycles. The molecule has 0 saturated carbocycles. The summed E-state index contributed by atoms with van der Waals surface area (Å²) in [6, 6.07) is 8.81. The molecule has 0 aromatic heterocycles. The van der Waals surface area contributed by atoms with Crippen molar-refractivity contribution < 1.29 is 5.11 Å². The van der Waals surface area contributed by atoms with Gasteiger partial charge in [0.1, 0.15) is 5.76 Å². The maximum atomic E-state index is 10.9. The van der Waals surface area contributed by atoms with E-state index in [1.807, 2.05) is 13.0 Å². The van der Waals surface area contributed by atoms with E-state index in [9.17, 15) is 5.11 Å². The van der Waals surface area contributed by atoms with Crippen LogP contribution in [-0.2, 0) is 0 Å². The molecule has 1 aromatic carbocycles. The third-order valence-electron chi connectivity index (χ3n) is 5.08. The quantitative estimate of drug-likeness (QED) is 0.297. The van der Waals surface area contributed by atoms with Crippen molar-refractivity contribution >= 4 is 11.4 Å². The highest BCUT2D eigenvalue weighted by Crippen LogP contribution is 2.37. The Morgan fingerprint density at radius 3 is 1.90 bits per heavy atom. The van der Waals surface area contributed by atoms with Gasteiger partial charge >= 0.3 is 0 Å². The lowest BCUT2D eigenvalue weighted by molar-refractivity contribution is 0.357. The van der Waals surface area contributed by atoms with Gasteiger partial charge in [-0.2, -0.15) is 0 Å². The molecule has 0 aliphatic rings. The summed E-state index contributed by atoms with van der Waals surface area (Å²) in [4.78, 5) is 0. The summed E-state index contributed by atoms with van der Waals surface area (Å²) >= 11 is 0. The second-order valence-electron chi connectivity index (χ2n) is 10.9. The molecule has 0 fully saturated rings. The molecule has 3 N–H and O–H groups in total. The van der Waals surface area contributed by atoms with Crippen molar-refractivity contribution in [2.45, 2.75) is 81.7 Å². The highest BCUT2D eigenvalue weighted by atomic mass is 16.3. The van der Waals surface area contributed by atoms with Gasteiger partial charge in [-0.05, 0) is 72.9 Å². The van der Waals surface area contributed by atoms with Crippen LogP contribution in [0.5, 0.6) is 0 Å². The van der Waals surface area contributed by atoms with Crippen LogP contribution in [0.15, 0.2) is 59.5 Å². The normalized spacial score (nSPS) is 15.0. The lowest BCUT2D eigenvalue weighted by atomic mass is 9.79. The van der Waals surface area contributed by atoms with E-state index >= 15 is 0 Å². The van der Waals surface area contributed by atoms with Crippen molar-refractivity contribution in [2.24, 2.45) is 16.7 Å². The third kappa shape index (κ3) is 8.30. The van der Waals surface area contributed by atoms with E-state index in [4.69, 9.17) is 0 Å². The molecule has 3 nitrogen and oxygen atoms in total. The second kappa shape index (κ2) is 10.2. The Morgan fingerprint density at radius 1 is 0.967 bits per heavy atom. The molecule has 1 aromatic rings. The molecule has 168 valence electrons. The molecule has 0 radical (unpaired) electrons. The minimum absolute atomic E-state index is 0.189. The Bertz CT molecular complexity index is 769. The zero-order valence-corrected chi connectivity index (χ0v) is 20.9. The molecule has 0 amide bonds. The van der Waals surface area contributed by atoms with Crippen LogP contribution in [0.3, 0.4) is 0 Å². The molecular weight excluding hydrogens is 368 g/mol. The van der Waals surface area contributed by atoms with Crippen LogP contribution in [0, 0.1) is 16.7 Å². The van der Waals surface area contributed by atoms with Crippen LogP contribution in [0.2, 0.25) is 0 Å². The fourth-order valence-electron chi connectivity index (χ4n) is 3.34. The number of aliphatic hydroxyl groups is 1. The molecule has 1 unspecified atom stereocenters. The number of hydrogen-bond donors (Lipinski definition) is 3. The summed E-state index contributed by atoms with van der Waals surface area (Å²) in [5.41, 5.74) is 4.36. The van der Waals surface area contributed by atoms with Crippen LogP contribution in [0.1, 0.15) is 75.7 Å². The van der Waals surface area contributed by atoms with Crippen molar-refractivity contribution in [1.29, 1.82) is 0 Å². The van der Waals surface area contributed by atoms with Gasteiger partial charge in [-0.3, -0.25) is 0 Å². The van der Waals surface area contributed by atoms with Crippen molar-refractivity contribution in [2.75, 3.05) is 10.6 Å². The first kappa shape index (κ1) is 25.9. The summed E-state index contributed by atoms with van der Waals surface area (Å²) in [5.74, 6) is 0.965. The van der Waals surface area contributed by atoms with Crippen LogP contribution in [-0.4, -0.2) is 11.1 Å². The van der Waals surface area contributed by atoms with E-state index in [0.29, 0.717) is 12.0 Å². The molecule has 0 saturated heterocycles. The first-order chi connectivity index (χ1) is 13.6. The Morgan fingerprint density at radius 2 is 1.47 bits per heavy atom. The summed E-state index contributed by atoms with van der Waals surface area (Å²) in [5, 5.41) is 17.9. The number of rotatable bonds is 8. The third-order valence-corrected chi connectivity index (χ3v) is 5.08. The number of nitrogens with one attached hydrogen (secondary N) is 2. The van der Waals surface area contributed by atoms with Crippen molar-refractivity contribution in [1.82, 2.24) is 0 Å². The Hall–Kier alpha value is -2.16. The standard InChI is InChI=1S/C27H44N2O/c1-18(2)16-19(3)28-22-12-14-23(15-13-22)29-20(4)17-24(27(9,10)11)25(30)21(5)26(6,7)8/h12-15,17-19,28-30H,5,16H2,1-4,6-11H3/b20-17+,25-24-. The van der Waals surface area contributed by atoms with E-state index in [0.717, 1.165) is 34.6 Å². The van der Waals surface area contributed by atoms with Gasteiger partial charge in [-0.1, -0.05) is 62.0 Å². The van der Waals surface area contributed by atoms with Gasteiger partial charge in [-0.25, -0.2) is 0 Å². The van der Waals surface area contributed by atoms with Crippen molar-refractivity contribution in [3.05, 3.63) is 59.5 Å². The SMILES string of the molecule is C=C(/C(O)=C(\C=C(/C)Nc1ccc(NC(C)CC(C)C)cc1)C(C)(C)C)C(C)(C)C. The summed E-state index contributed by atoms with van der Waals surface area (Å²) in [6.07, 6.45) is 3.18. The van der Waals surface area contributed by atoms with Crippen LogP contribution in [0.25, 0.3) is 0 Å². The molecule has 1 rings (SSSR count). The lowest BCUT2D eigenvalue weighted by Gasteiger charge is -2.28. The summed E-state index contributed by atoms with van der Waals surface area (Å²) in [7, 11) is 0.